The lowest BCUT2D eigenvalue weighted by Gasteiger charge is -2.03. The molecule has 80 valence electrons. The van der Waals surface area contributed by atoms with Gasteiger partial charge in [-0.2, -0.15) is 0 Å². The van der Waals surface area contributed by atoms with Gasteiger partial charge in [-0.25, -0.2) is 0 Å². The Morgan fingerprint density at radius 2 is 1.87 bits per heavy atom. The number of carbonyl (C=O) groups is 2. The van der Waals surface area contributed by atoms with Crippen LogP contribution in [0.1, 0.15) is 23.7 Å². The summed E-state index contributed by atoms with van der Waals surface area (Å²) in [5.41, 5.74) is 6.59. The highest BCUT2D eigenvalue weighted by Crippen LogP contribution is 2.10. The third-order valence-corrected chi connectivity index (χ3v) is 1.90. The fourth-order valence-electron chi connectivity index (χ4n) is 1.22. The summed E-state index contributed by atoms with van der Waals surface area (Å²) >= 11 is 0. The molecule has 0 bridgehead atoms. The van der Waals surface area contributed by atoms with E-state index in [0.29, 0.717) is 24.2 Å². The van der Waals surface area contributed by atoms with E-state index in [0.717, 1.165) is 0 Å². The summed E-state index contributed by atoms with van der Waals surface area (Å²) in [5.74, 6) is -0.108. The first-order chi connectivity index (χ1) is 7.13. The summed E-state index contributed by atoms with van der Waals surface area (Å²) in [6.45, 7) is 1.79. The van der Waals surface area contributed by atoms with Crippen LogP contribution in [-0.4, -0.2) is 18.2 Å². The molecule has 0 fully saturated rings. The topological polar surface area (TPSA) is 72.2 Å². The van der Waals surface area contributed by atoms with E-state index in [1.54, 1.807) is 24.3 Å². The van der Waals surface area contributed by atoms with Crippen LogP contribution in [0.4, 0.5) is 5.69 Å². The third kappa shape index (κ3) is 3.52. The van der Waals surface area contributed by atoms with Crippen molar-refractivity contribution in [3.8, 4) is 0 Å². The van der Waals surface area contributed by atoms with Crippen LogP contribution in [0, 0.1) is 0 Å². The minimum absolute atomic E-state index is 0.0203. The lowest BCUT2D eigenvalue weighted by molar-refractivity contribution is -0.114. The quantitative estimate of drug-likeness (QED) is 0.726. The van der Waals surface area contributed by atoms with Gasteiger partial charge in [-0.3, -0.25) is 9.59 Å². The molecule has 0 aliphatic heterocycles. The maximum Gasteiger partial charge on any atom is 0.221 e. The van der Waals surface area contributed by atoms with E-state index >= 15 is 0 Å². The maximum absolute atomic E-state index is 11.4. The lowest BCUT2D eigenvalue weighted by atomic mass is 10.1. The summed E-state index contributed by atoms with van der Waals surface area (Å²) in [4.78, 5) is 22.2. The molecule has 15 heavy (non-hydrogen) atoms. The van der Waals surface area contributed by atoms with Gasteiger partial charge in [0.2, 0.25) is 5.91 Å². The Balaban J connectivity index is 2.71. The van der Waals surface area contributed by atoms with Gasteiger partial charge in [0.15, 0.2) is 5.78 Å². The van der Waals surface area contributed by atoms with E-state index < -0.39 is 0 Å². The molecule has 4 heteroatoms. The van der Waals surface area contributed by atoms with Crippen molar-refractivity contribution in [1.29, 1.82) is 0 Å². The number of nitrogens with one attached hydrogen (secondary N) is 1. The smallest absolute Gasteiger partial charge is 0.221 e. The van der Waals surface area contributed by atoms with E-state index in [-0.39, 0.29) is 11.7 Å². The molecule has 0 unspecified atom stereocenters. The fraction of sp³-hybridized carbons (Fsp3) is 0.273. The number of anilines is 1. The first kappa shape index (κ1) is 11.4. The van der Waals surface area contributed by atoms with Crippen molar-refractivity contribution in [3.05, 3.63) is 29.8 Å². The highest BCUT2D eigenvalue weighted by molar-refractivity contribution is 5.97. The maximum atomic E-state index is 11.4. The molecule has 1 aromatic rings. The summed E-state index contributed by atoms with van der Waals surface area (Å²) in [6, 6.07) is 6.77. The van der Waals surface area contributed by atoms with Crippen LogP contribution >= 0.6 is 0 Å². The molecule has 0 aromatic heterocycles. The molecule has 1 amide bonds. The lowest BCUT2D eigenvalue weighted by Crippen LogP contribution is -2.09. The van der Waals surface area contributed by atoms with Crippen molar-refractivity contribution in [1.82, 2.24) is 0 Å². The Morgan fingerprint density at radius 3 is 2.33 bits per heavy atom. The fourth-order valence-corrected chi connectivity index (χ4v) is 1.22. The van der Waals surface area contributed by atoms with Crippen LogP contribution in [0.5, 0.6) is 0 Å². The number of nitrogens with two attached hydrogens (primary N) is 1. The second-order valence-electron chi connectivity index (χ2n) is 3.22. The van der Waals surface area contributed by atoms with E-state index in [1.165, 1.54) is 6.92 Å². The van der Waals surface area contributed by atoms with Gasteiger partial charge in [0.25, 0.3) is 0 Å². The molecule has 1 aromatic carbocycles. The molecule has 1 rings (SSSR count). The van der Waals surface area contributed by atoms with Crippen molar-refractivity contribution >= 4 is 17.4 Å². The van der Waals surface area contributed by atoms with Crippen LogP contribution in [-0.2, 0) is 4.79 Å². The first-order valence-corrected chi connectivity index (χ1v) is 4.74. The molecule has 3 N–H and O–H groups in total. The second-order valence-corrected chi connectivity index (χ2v) is 3.22. The number of benzene rings is 1. The van der Waals surface area contributed by atoms with Crippen molar-refractivity contribution in [2.24, 2.45) is 5.73 Å². The molecule has 0 aliphatic carbocycles. The highest BCUT2D eigenvalue weighted by Gasteiger charge is 2.04. The SMILES string of the molecule is CC(=O)Nc1ccc(C(=O)CCN)cc1. The van der Waals surface area contributed by atoms with Gasteiger partial charge in [-0.15, -0.1) is 0 Å². The number of amides is 1. The normalized spacial score (nSPS) is 9.73. The largest absolute Gasteiger partial charge is 0.330 e. The Morgan fingerprint density at radius 1 is 1.27 bits per heavy atom. The van der Waals surface area contributed by atoms with Crippen LogP contribution in [0.25, 0.3) is 0 Å². The van der Waals surface area contributed by atoms with Crippen molar-refractivity contribution < 1.29 is 9.59 Å². The van der Waals surface area contributed by atoms with E-state index in [4.69, 9.17) is 5.73 Å². The molecular weight excluding hydrogens is 192 g/mol. The van der Waals surface area contributed by atoms with Gasteiger partial charge >= 0.3 is 0 Å². The summed E-state index contributed by atoms with van der Waals surface area (Å²) in [5, 5.41) is 2.63. The highest BCUT2D eigenvalue weighted by atomic mass is 16.1. The number of hydrogen-bond acceptors (Lipinski definition) is 3. The molecular formula is C11H14N2O2. The molecule has 0 heterocycles. The first-order valence-electron chi connectivity index (χ1n) is 4.74. The number of ketones is 1. The Kier molecular flexibility index (Phi) is 4.00. The van der Waals surface area contributed by atoms with Gasteiger partial charge in [-0.1, -0.05) is 0 Å². The van der Waals surface area contributed by atoms with Gasteiger partial charge < -0.3 is 11.1 Å². The summed E-state index contributed by atoms with van der Waals surface area (Å²) in [7, 11) is 0. The number of carbonyl (C=O) groups excluding carboxylic acids is 2. The minimum Gasteiger partial charge on any atom is -0.330 e. The van der Waals surface area contributed by atoms with Gasteiger partial charge in [0.05, 0.1) is 0 Å². The zero-order chi connectivity index (χ0) is 11.3. The molecule has 0 saturated carbocycles. The minimum atomic E-state index is -0.129. The van der Waals surface area contributed by atoms with Crippen molar-refractivity contribution in [2.75, 3.05) is 11.9 Å². The number of Topliss-reactive ketones (excluding diaryl/α,β-unsaturated/α-hetero) is 1. The molecule has 0 spiro atoms. The standard InChI is InChI=1S/C11H14N2O2/c1-8(14)13-10-4-2-9(3-5-10)11(15)6-7-12/h2-5H,6-7,12H2,1H3,(H,13,14). The van der Waals surface area contributed by atoms with E-state index in [1.807, 2.05) is 0 Å². The number of rotatable bonds is 4. The molecule has 4 nitrogen and oxygen atoms in total. The predicted molar refractivity (Wildman–Crippen MR) is 58.7 cm³/mol. The monoisotopic (exact) mass is 206 g/mol. The average Bonchev–Trinajstić information content (AvgIpc) is 2.18. The van der Waals surface area contributed by atoms with Crippen LogP contribution in [0.15, 0.2) is 24.3 Å². The number of hydrogen-bond donors (Lipinski definition) is 2. The van der Waals surface area contributed by atoms with Crippen LogP contribution in [0.2, 0.25) is 0 Å². The van der Waals surface area contributed by atoms with Crippen LogP contribution < -0.4 is 11.1 Å². The van der Waals surface area contributed by atoms with Crippen LogP contribution in [0.3, 0.4) is 0 Å². The zero-order valence-corrected chi connectivity index (χ0v) is 8.62. The Bertz CT molecular complexity index is 357. The Hall–Kier alpha value is -1.68. The molecule has 0 radical (unpaired) electrons. The van der Waals surface area contributed by atoms with Gasteiger partial charge in [0, 0.05) is 24.6 Å². The average molecular weight is 206 g/mol. The zero-order valence-electron chi connectivity index (χ0n) is 8.62. The molecule has 0 atom stereocenters. The van der Waals surface area contributed by atoms with Crippen molar-refractivity contribution in [2.45, 2.75) is 13.3 Å². The van der Waals surface area contributed by atoms with Gasteiger partial charge in [-0.05, 0) is 30.8 Å². The van der Waals surface area contributed by atoms with Crippen molar-refractivity contribution in [3.63, 3.8) is 0 Å². The third-order valence-electron chi connectivity index (χ3n) is 1.90. The summed E-state index contributed by atoms with van der Waals surface area (Å²) in [6.07, 6.45) is 0.347. The van der Waals surface area contributed by atoms with Gasteiger partial charge in [0.1, 0.15) is 0 Å². The Labute approximate surface area is 88.5 Å². The van der Waals surface area contributed by atoms with E-state index in [9.17, 15) is 9.59 Å². The second kappa shape index (κ2) is 5.26. The predicted octanol–water partition coefficient (Wildman–Crippen LogP) is 1.18. The van der Waals surface area contributed by atoms with E-state index in [2.05, 4.69) is 5.32 Å². The summed E-state index contributed by atoms with van der Waals surface area (Å²) < 4.78 is 0. The molecule has 0 saturated heterocycles. The molecule has 0 aliphatic rings.